The molecule has 4 heteroatoms. The summed E-state index contributed by atoms with van der Waals surface area (Å²) in [5, 5.41) is 9.02. The van der Waals surface area contributed by atoms with Gasteiger partial charge in [0.05, 0.1) is 0 Å². The average molecular weight is 188 g/mol. The van der Waals surface area contributed by atoms with E-state index in [0.717, 1.165) is 9.35 Å². The fraction of sp³-hybridized carbons (Fsp3) is 0.714. The minimum absolute atomic E-state index is 0.242. The van der Waals surface area contributed by atoms with E-state index < -0.39 is 0 Å². The van der Waals surface area contributed by atoms with Crippen LogP contribution >= 0.6 is 23.1 Å². The van der Waals surface area contributed by atoms with Crippen LogP contribution in [0.1, 0.15) is 25.8 Å². The van der Waals surface area contributed by atoms with Gasteiger partial charge < -0.3 is 0 Å². The minimum Gasteiger partial charge on any atom is -0.143 e. The summed E-state index contributed by atoms with van der Waals surface area (Å²) in [6.07, 6.45) is 0. The Hall–Kier alpha value is -0.0900. The van der Waals surface area contributed by atoms with E-state index in [-0.39, 0.29) is 4.75 Å². The zero-order valence-corrected chi connectivity index (χ0v) is 8.84. The van der Waals surface area contributed by atoms with Gasteiger partial charge in [-0.25, -0.2) is 0 Å². The van der Waals surface area contributed by atoms with Crippen LogP contribution in [-0.4, -0.2) is 14.9 Å². The second kappa shape index (κ2) is 3.11. The van der Waals surface area contributed by atoms with Crippen LogP contribution < -0.4 is 0 Å². The molecule has 0 aliphatic rings. The molecule has 0 unspecified atom stereocenters. The Morgan fingerprint density at radius 2 is 1.91 bits per heavy atom. The van der Waals surface area contributed by atoms with Crippen LogP contribution in [0.3, 0.4) is 0 Å². The summed E-state index contributed by atoms with van der Waals surface area (Å²) in [5.41, 5.74) is 0. The minimum atomic E-state index is 0.242. The fourth-order valence-electron chi connectivity index (χ4n) is 0.582. The van der Waals surface area contributed by atoms with E-state index in [1.54, 1.807) is 23.1 Å². The number of hydrogen-bond donors (Lipinski definition) is 0. The summed E-state index contributed by atoms with van der Waals surface area (Å²) in [4.78, 5) is 0. The van der Waals surface area contributed by atoms with Crippen LogP contribution in [0.4, 0.5) is 0 Å². The molecule has 2 nitrogen and oxygen atoms in total. The maximum atomic E-state index is 4.03. The molecule has 0 spiro atoms. The molecule has 0 radical (unpaired) electrons. The third kappa shape index (κ3) is 3.20. The maximum absolute atomic E-state index is 4.03. The van der Waals surface area contributed by atoms with Crippen molar-refractivity contribution in [3.8, 4) is 0 Å². The highest BCUT2D eigenvalue weighted by atomic mass is 32.2. The number of aromatic nitrogens is 2. The van der Waals surface area contributed by atoms with Gasteiger partial charge in [-0.1, -0.05) is 43.9 Å². The highest BCUT2D eigenvalue weighted by Crippen LogP contribution is 2.33. The first-order chi connectivity index (χ1) is 4.97. The largest absolute Gasteiger partial charge is 0.174 e. The first-order valence-electron chi connectivity index (χ1n) is 3.46. The normalized spacial score (nSPS) is 12.0. The van der Waals surface area contributed by atoms with Gasteiger partial charge in [0.15, 0.2) is 4.34 Å². The molecule has 1 rings (SSSR count). The third-order valence-corrected chi connectivity index (χ3v) is 2.90. The lowest BCUT2D eigenvalue weighted by atomic mass is 10.3. The maximum Gasteiger partial charge on any atom is 0.174 e. The highest BCUT2D eigenvalue weighted by molar-refractivity contribution is 8.02. The van der Waals surface area contributed by atoms with Gasteiger partial charge >= 0.3 is 0 Å². The molecule has 62 valence electrons. The average Bonchev–Trinajstić information content (AvgIpc) is 2.10. The Labute approximate surface area is 75.4 Å². The number of aryl methyl sites for hydroxylation is 1. The van der Waals surface area contributed by atoms with Crippen LogP contribution in [0.25, 0.3) is 0 Å². The van der Waals surface area contributed by atoms with E-state index in [2.05, 4.69) is 31.0 Å². The molecule has 0 atom stereocenters. The van der Waals surface area contributed by atoms with Crippen molar-refractivity contribution in [3.05, 3.63) is 5.01 Å². The van der Waals surface area contributed by atoms with Crippen LogP contribution in [0.15, 0.2) is 4.34 Å². The van der Waals surface area contributed by atoms with Crippen molar-refractivity contribution >= 4 is 23.1 Å². The Balaban J connectivity index is 2.65. The quantitative estimate of drug-likeness (QED) is 0.634. The fourth-order valence-corrected chi connectivity index (χ4v) is 2.88. The van der Waals surface area contributed by atoms with Crippen LogP contribution in [0, 0.1) is 6.92 Å². The smallest absolute Gasteiger partial charge is 0.143 e. The summed E-state index contributed by atoms with van der Waals surface area (Å²) in [6, 6.07) is 0. The Morgan fingerprint density at radius 1 is 1.27 bits per heavy atom. The highest BCUT2D eigenvalue weighted by Gasteiger charge is 2.14. The van der Waals surface area contributed by atoms with Gasteiger partial charge in [0.25, 0.3) is 0 Å². The standard InChI is InChI=1S/C7H12N2S2/c1-5-8-9-6(10-5)11-7(2,3)4/h1-4H3. The van der Waals surface area contributed by atoms with Gasteiger partial charge in [-0.15, -0.1) is 10.2 Å². The van der Waals surface area contributed by atoms with Crippen LogP contribution in [0.5, 0.6) is 0 Å². The predicted octanol–water partition coefficient (Wildman–Crippen LogP) is 2.74. The molecule has 0 saturated carbocycles. The van der Waals surface area contributed by atoms with E-state index in [0.29, 0.717) is 0 Å². The van der Waals surface area contributed by atoms with E-state index in [1.807, 2.05) is 6.92 Å². The molecule has 0 N–H and O–H groups in total. The molecule has 1 heterocycles. The third-order valence-electron chi connectivity index (χ3n) is 0.901. The van der Waals surface area contributed by atoms with Crippen molar-refractivity contribution < 1.29 is 0 Å². The van der Waals surface area contributed by atoms with Crippen molar-refractivity contribution in [3.63, 3.8) is 0 Å². The van der Waals surface area contributed by atoms with E-state index in [4.69, 9.17) is 0 Å². The van der Waals surface area contributed by atoms with Gasteiger partial charge in [-0.05, 0) is 6.92 Å². The van der Waals surface area contributed by atoms with Crippen LogP contribution in [-0.2, 0) is 0 Å². The molecule has 0 aromatic carbocycles. The first-order valence-corrected chi connectivity index (χ1v) is 5.10. The molecular formula is C7H12N2S2. The van der Waals surface area contributed by atoms with Crippen LogP contribution in [0.2, 0.25) is 0 Å². The van der Waals surface area contributed by atoms with Crippen molar-refractivity contribution in [2.75, 3.05) is 0 Å². The molecule has 0 aliphatic heterocycles. The lowest BCUT2D eigenvalue weighted by Crippen LogP contribution is -2.06. The second-order valence-corrected chi connectivity index (χ2v) is 6.56. The number of nitrogens with zero attached hydrogens (tertiary/aromatic N) is 2. The summed E-state index contributed by atoms with van der Waals surface area (Å²) in [5.74, 6) is 0. The van der Waals surface area contributed by atoms with Crippen molar-refractivity contribution in [2.45, 2.75) is 36.8 Å². The van der Waals surface area contributed by atoms with Crippen molar-refractivity contribution in [1.29, 1.82) is 0 Å². The van der Waals surface area contributed by atoms with Gasteiger partial charge in [0, 0.05) is 4.75 Å². The van der Waals surface area contributed by atoms with E-state index in [1.165, 1.54) is 0 Å². The molecule has 1 aromatic rings. The molecular weight excluding hydrogens is 176 g/mol. The van der Waals surface area contributed by atoms with E-state index >= 15 is 0 Å². The lowest BCUT2D eigenvalue weighted by molar-refractivity contribution is 0.799. The Kier molecular flexibility index (Phi) is 2.54. The Bertz CT molecular complexity index is 237. The molecule has 11 heavy (non-hydrogen) atoms. The van der Waals surface area contributed by atoms with Gasteiger partial charge in [-0.2, -0.15) is 0 Å². The molecule has 0 bridgehead atoms. The first kappa shape index (κ1) is 9.00. The molecule has 0 fully saturated rings. The number of hydrogen-bond acceptors (Lipinski definition) is 4. The SMILES string of the molecule is Cc1nnc(SC(C)(C)C)s1. The molecule has 0 amide bonds. The monoisotopic (exact) mass is 188 g/mol. The molecule has 1 aromatic heterocycles. The van der Waals surface area contributed by atoms with Crippen molar-refractivity contribution in [1.82, 2.24) is 10.2 Å². The topological polar surface area (TPSA) is 25.8 Å². The van der Waals surface area contributed by atoms with Gasteiger partial charge in [0.1, 0.15) is 5.01 Å². The summed E-state index contributed by atoms with van der Waals surface area (Å²) < 4.78 is 1.31. The molecule has 0 aliphatic carbocycles. The number of rotatable bonds is 1. The predicted molar refractivity (Wildman–Crippen MR) is 50.3 cm³/mol. The van der Waals surface area contributed by atoms with Gasteiger partial charge in [-0.3, -0.25) is 0 Å². The summed E-state index contributed by atoms with van der Waals surface area (Å²) >= 11 is 3.42. The van der Waals surface area contributed by atoms with E-state index in [9.17, 15) is 0 Å². The number of thioether (sulfide) groups is 1. The lowest BCUT2D eigenvalue weighted by Gasteiger charge is -2.13. The summed E-state index contributed by atoms with van der Waals surface area (Å²) in [6.45, 7) is 8.50. The summed E-state index contributed by atoms with van der Waals surface area (Å²) in [7, 11) is 0. The Morgan fingerprint density at radius 3 is 2.27 bits per heavy atom. The second-order valence-electron chi connectivity index (χ2n) is 3.30. The zero-order valence-electron chi connectivity index (χ0n) is 7.21. The molecule has 0 saturated heterocycles. The zero-order chi connectivity index (χ0) is 8.48. The van der Waals surface area contributed by atoms with Gasteiger partial charge in [0.2, 0.25) is 0 Å². The van der Waals surface area contributed by atoms with Crippen molar-refractivity contribution in [2.24, 2.45) is 0 Å².